The van der Waals surface area contributed by atoms with Gasteiger partial charge in [-0.25, -0.2) is 4.79 Å². The Morgan fingerprint density at radius 2 is 1.38 bits per heavy atom. The molecular weight excluding hydrogens is 490 g/mol. The SMILES string of the molecule is CC[C@H](C)[C@H](NC(=O)[C@H](CCC(N)=O)NC(=O)[C@H](CCCN=C(N)N)NC(=O)[C@@H](N)CC(N)=O)C(=O)O. The van der Waals surface area contributed by atoms with Crippen LogP contribution in [0.5, 0.6) is 0 Å². The normalized spacial score (nSPS) is 14.7. The van der Waals surface area contributed by atoms with Crippen molar-refractivity contribution in [2.45, 2.75) is 76.5 Å². The number of aliphatic imine (C=N–C) groups is 1. The van der Waals surface area contributed by atoms with Crippen molar-refractivity contribution in [1.29, 1.82) is 0 Å². The van der Waals surface area contributed by atoms with Crippen molar-refractivity contribution in [3.8, 4) is 0 Å². The summed E-state index contributed by atoms with van der Waals surface area (Å²) in [7, 11) is 0. The van der Waals surface area contributed by atoms with Gasteiger partial charge in [0.25, 0.3) is 0 Å². The number of carboxylic acids is 1. The van der Waals surface area contributed by atoms with Crippen LogP contribution in [0.15, 0.2) is 4.99 Å². The standard InChI is InChI=1S/C21H39N9O7/c1-3-10(2)16(20(36)37)30-19(35)13(6-7-14(23)31)29-18(34)12(5-4-8-27-21(25)26)28-17(33)11(22)9-15(24)32/h10-13,16H,3-9,22H2,1-2H3,(H2,23,31)(H2,24,32)(H,28,33)(H,29,34)(H,30,35)(H,36,37)(H4,25,26,27)/t10-,11-,12-,13-,16-/m0/s1. The van der Waals surface area contributed by atoms with Crippen molar-refractivity contribution in [2.24, 2.45) is 39.6 Å². The molecule has 5 atom stereocenters. The predicted molar refractivity (Wildman–Crippen MR) is 133 cm³/mol. The van der Waals surface area contributed by atoms with Crippen LogP contribution in [0.1, 0.15) is 52.4 Å². The van der Waals surface area contributed by atoms with E-state index >= 15 is 0 Å². The fraction of sp³-hybridized carbons (Fsp3) is 0.667. The van der Waals surface area contributed by atoms with Crippen LogP contribution in [-0.2, 0) is 28.8 Å². The third kappa shape index (κ3) is 13.6. The van der Waals surface area contributed by atoms with E-state index in [1.54, 1.807) is 13.8 Å². The van der Waals surface area contributed by atoms with E-state index < -0.39 is 72.0 Å². The van der Waals surface area contributed by atoms with Crippen LogP contribution in [0.25, 0.3) is 0 Å². The van der Waals surface area contributed by atoms with Crippen molar-refractivity contribution < 1.29 is 33.9 Å². The fourth-order valence-corrected chi connectivity index (χ4v) is 3.13. The van der Waals surface area contributed by atoms with Gasteiger partial charge in [-0.3, -0.25) is 29.0 Å². The molecule has 0 aliphatic heterocycles. The van der Waals surface area contributed by atoms with Crippen molar-refractivity contribution in [3.05, 3.63) is 0 Å². The Balaban J connectivity index is 5.74. The first-order valence-electron chi connectivity index (χ1n) is 11.7. The summed E-state index contributed by atoms with van der Waals surface area (Å²) in [6, 6.07) is -5.16. The van der Waals surface area contributed by atoms with E-state index in [-0.39, 0.29) is 38.2 Å². The van der Waals surface area contributed by atoms with Crippen LogP contribution in [0.4, 0.5) is 0 Å². The molecule has 0 bridgehead atoms. The first kappa shape index (κ1) is 33.0. The number of hydrogen-bond donors (Lipinski definition) is 9. The highest BCUT2D eigenvalue weighted by Gasteiger charge is 2.32. The average molecular weight is 530 g/mol. The number of amides is 5. The second kappa shape index (κ2) is 16.7. The number of guanidine groups is 1. The van der Waals surface area contributed by atoms with E-state index in [1.165, 1.54) is 0 Å². The lowest BCUT2D eigenvalue weighted by molar-refractivity contribution is -0.144. The van der Waals surface area contributed by atoms with Gasteiger partial charge in [0.1, 0.15) is 18.1 Å². The highest BCUT2D eigenvalue weighted by atomic mass is 16.4. The maximum Gasteiger partial charge on any atom is 0.326 e. The molecule has 0 radical (unpaired) electrons. The number of nitrogens with two attached hydrogens (primary N) is 5. The molecule has 16 heteroatoms. The van der Waals surface area contributed by atoms with Gasteiger partial charge in [-0.15, -0.1) is 0 Å². The van der Waals surface area contributed by atoms with Gasteiger partial charge in [0.15, 0.2) is 5.96 Å². The molecule has 0 saturated carbocycles. The molecule has 0 spiro atoms. The minimum atomic E-state index is -1.35. The van der Waals surface area contributed by atoms with Crippen molar-refractivity contribution in [3.63, 3.8) is 0 Å². The van der Waals surface area contributed by atoms with Crippen LogP contribution in [0.2, 0.25) is 0 Å². The Morgan fingerprint density at radius 1 is 0.838 bits per heavy atom. The molecule has 0 fully saturated rings. The van der Waals surface area contributed by atoms with E-state index in [9.17, 15) is 33.9 Å². The minimum absolute atomic E-state index is 0.00637. The Bertz CT molecular complexity index is 861. The van der Waals surface area contributed by atoms with E-state index in [1.807, 2.05) is 0 Å². The molecule has 0 saturated heterocycles. The molecule has 0 aromatic rings. The molecule has 37 heavy (non-hydrogen) atoms. The van der Waals surface area contributed by atoms with Gasteiger partial charge in [0, 0.05) is 13.0 Å². The third-order valence-corrected chi connectivity index (χ3v) is 5.43. The molecule has 210 valence electrons. The van der Waals surface area contributed by atoms with Crippen LogP contribution < -0.4 is 44.6 Å². The summed E-state index contributed by atoms with van der Waals surface area (Å²) < 4.78 is 0. The van der Waals surface area contributed by atoms with Gasteiger partial charge in [-0.2, -0.15) is 0 Å². The largest absolute Gasteiger partial charge is 0.480 e. The summed E-state index contributed by atoms with van der Waals surface area (Å²) in [6.07, 6.45) is -0.296. The summed E-state index contributed by atoms with van der Waals surface area (Å²) in [5.74, 6) is -5.97. The van der Waals surface area contributed by atoms with Gasteiger partial charge >= 0.3 is 5.97 Å². The third-order valence-electron chi connectivity index (χ3n) is 5.43. The number of carbonyl (C=O) groups excluding carboxylic acids is 5. The predicted octanol–water partition coefficient (Wildman–Crippen LogP) is -3.91. The highest BCUT2D eigenvalue weighted by molar-refractivity contribution is 5.95. The van der Waals surface area contributed by atoms with E-state index in [0.29, 0.717) is 6.42 Å². The molecule has 16 nitrogen and oxygen atoms in total. The summed E-state index contributed by atoms with van der Waals surface area (Å²) in [4.78, 5) is 76.2. The number of rotatable bonds is 18. The molecular formula is C21H39N9O7. The molecule has 0 aromatic carbocycles. The summed E-state index contributed by atoms with van der Waals surface area (Å²) in [5, 5.41) is 16.7. The zero-order valence-electron chi connectivity index (χ0n) is 21.1. The first-order valence-corrected chi connectivity index (χ1v) is 11.7. The molecule has 0 unspecified atom stereocenters. The number of nitrogens with zero attached hydrogens (tertiary/aromatic N) is 1. The molecule has 0 heterocycles. The maximum absolute atomic E-state index is 13.1. The Morgan fingerprint density at radius 3 is 1.86 bits per heavy atom. The number of aliphatic carboxylic acids is 1. The van der Waals surface area contributed by atoms with Crippen molar-refractivity contribution in [2.75, 3.05) is 6.54 Å². The van der Waals surface area contributed by atoms with Gasteiger partial charge in [0.2, 0.25) is 29.5 Å². The van der Waals surface area contributed by atoms with Crippen LogP contribution in [-0.4, -0.2) is 77.3 Å². The monoisotopic (exact) mass is 529 g/mol. The van der Waals surface area contributed by atoms with Crippen molar-refractivity contribution in [1.82, 2.24) is 16.0 Å². The fourth-order valence-electron chi connectivity index (χ4n) is 3.13. The van der Waals surface area contributed by atoms with Gasteiger partial charge in [0.05, 0.1) is 12.5 Å². The smallest absolute Gasteiger partial charge is 0.326 e. The lowest BCUT2D eigenvalue weighted by atomic mass is 9.98. The minimum Gasteiger partial charge on any atom is -0.480 e. The van der Waals surface area contributed by atoms with Crippen LogP contribution in [0.3, 0.4) is 0 Å². The second-order valence-corrected chi connectivity index (χ2v) is 8.56. The molecule has 14 N–H and O–H groups in total. The zero-order chi connectivity index (χ0) is 28.7. The number of primary amides is 2. The lowest BCUT2D eigenvalue weighted by Gasteiger charge is -2.26. The number of nitrogens with one attached hydrogen (secondary N) is 3. The van der Waals surface area contributed by atoms with Gasteiger partial charge < -0.3 is 49.7 Å². The Kier molecular flexibility index (Phi) is 14.9. The molecule has 0 aliphatic carbocycles. The lowest BCUT2D eigenvalue weighted by Crippen LogP contribution is -2.58. The Hall–Kier alpha value is -3.95. The summed E-state index contributed by atoms with van der Waals surface area (Å²) in [6.45, 7) is 3.50. The molecule has 0 rings (SSSR count). The van der Waals surface area contributed by atoms with E-state index in [4.69, 9.17) is 28.7 Å². The Labute approximate surface area is 214 Å². The average Bonchev–Trinajstić information content (AvgIpc) is 2.79. The topological polar surface area (TPSA) is 301 Å². The molecule has 0 aliphatic rings. The van der Waals surface area contributed by atoms with Crippen molar-refractivity contribution >= 4 is 41.5 Å². The van der Waals surface area contributed by atoms with Gasteiger partial charge in [-0.1, -0.05) is 20.3 Å². The van der Waals surface area contributed by atoms with Crippen LogP contribution in [0, 0.1) is 5.92 Å². The number of hydrogen-bond acceptors (Lipinski definition) is 8. The first-order chi connectivity index (χ1) is 17.2. The van der Waals surface area contributed by atoms with E-state index in [2.05, 4.69) is 20.9 Å². The number of carbonyl (C=O) groups is 6. The zero-order valence-corrected chi connectivity index (χ0v) is 21.1. The van der Waals surface area contributed by atoms with Gasteiger partial charge in [-0.05, 0) is 25.2 Å². The number of carboxylic acid groups (broad SMARTS) is 1. The van der Waals surface area contributed by atoms with E-state index in [0.717, 1.165) is 0 Å². The summed E-state index contributed by atoms with van der Waals surface area (Å²) >= 11 is 0. The highest BCUT2D eigenvalue weighted by Crippen LogP contribution is 2.10. The molecule has 5 amide bonds. The van der Waals surface area contributed by atoms with Crippen LogP contribution >= 0.6 is 0 Å². The quantitative estimate of drug-likeness (QED) is 0.0472. The summed E-state index contributed by atoms with van der Waals surface area (Å²) in [5.41, 5.74) is 26.4. The maximum atomic E-state index is 13.1. The second-order valence-electron chi connectivity index (χ2n) is 8.56. The molecule has 0 aromatic heterocycles.